The van der Waals surface area contributed by atoms with Gasteiger partial charge in [0.1, 0.15) is 12.4 Å². The number of nitrogens with one attached hydrogen (secondary N) is 1. The number of carbonyl (C=O) groups is 1. The van der Waals surface area contributed by atoms with Crippen molar-refractivity contribution in [3.05, 3.63) is 77.1 Å². The third-order valence-corrected chi connectivity index (χ3v) is 3.23. The number of hydrogen-bond acceptors (Lipinski definition) is 3. The number of halogens is 1. The molecule has 0 aliphatic carbocycles. The van der Waals surface area contributed by atoms with E-state index in [1.165, 1.54) is 6.07 Å². The summed E-state index contributed by atoms with van der Waals surface area (Å²) in [5.41, 5.74) is 2.04. The van der Waals surface area contributed by atoms with E-state index < -0.39 is 11.9 Å². The lowest BCUT2D eigenvalue weighted by Crippen LogP contribution is -2.24. The van der Waals surface area contributed by atoms with E-state index in [0.717, 1.165) is 11.1 Å². The van der Waals surface area contributed by atoms with Crippen molar-refractivity contribution in [1.82, 2.24) is 5.32 Å². The highest BCUT2D eigenvalue weighted by Crippen LogP contribution is 2.12. The molecule has 0 spiro atoms. The second kappa shape index (κ2) is 9.11. The number of nitrogens with zero attached hydrogens (tertiary/aromatic N) is 1. The van der Waals surface area contributed by atoms with Crippen LogP contribution in [0.5, 0.6) is 0 Å². The van der Waals surface area contributed by atoms with Gasteiger partial charge in [-0.2, -0.15) is 5.26 Å². The molecule has 0 heterocycles. The van der Waals surface area contributed by atoms with Gasteiger partial charge in [0.2, 0.25) is 0 Å². The molecule has 24 heavy (non-hydrogen) atoms. The van der Waals surface area contributed by atoms with Gasteiger partial charge in [-0.25, -0.2) is 9.18 Å². The average molecular weight is 324 g/mol. The summed E-state index contributed by atoms with van der Waals surface area (Å²) in [7, 11) is 0. The van der Waals surface area contributed by atoms with Crippen LogP contribution in [0.3, 0.4) is 0 Å². The lowest BCUT2D eigenvalue weighted by Gasteiger charge is -2.05. The maximum absolute atomic E-state index is 13.4. The zero-order chi connectivity index (χ0) is 17.2. The molecule has 0 aromatic heterocycles. The maximum atomic E-state index is 13.4. The van der Waals surface area contributed by atoms with Crippen LogP contribution in [0.4, 0.5) is 9.18 Å². The molecule has 0 aliphatic rings. The Bertz CT molecular complexity index is 752. The Balaban J connectivity index is 1.77. The van der Waals surface area contributed by atoms with Gasteiger partial charge in [0.05, 0.1) is 12.5 Å². The van der Waals surface area contributed by atoms with Gasteiger partial charge >= 0.3 is 6.09 Å². The van der Waals surface area contributed by atoms with Gasteiger partial charge in [-0.1, -0.05) is 48.6 Å². The standard InChI is InChI=1S/C19H17FN2O2/c20-18-9-8-15(13-17(18)10-11-21)7-4-12-22-19(23)24-14-16-5-2-1-3-6-16/h1-9,13H,10,12,14H2,(H,22,23). The number of ether oxygens (including phenoxy) is 1. The van der Waals surface area contributed by atoms with Gasteiger partial charge in [-0.15, -0.1) is 0 Å². The molecule has 0 saturated heterocycles. The minimum atomic E-state index is -0.507. The molecule has 0 saturated carbocycles. The van der Waals surface area contributed by atoms with Crippen molar-refractivity contribution in [2.45, 2.75) is 13.0 Å². The molecule has 2 aromatic rings. The molecule has 0 aliphatic heterocycles. The Kier molecular flexibility index (Phi) is 6.54. The Morgan fingerprint density at radius 1 is 1.25 bits per heavy atom. The van der Waals surface area contributed by atoms with E-state index >= 15 is 0 Å². The van der Waals surface area contributed by atoms with Crippen molar-refractivity contribution < 1.29 is 13.9 Å². The van der Waals surface area contributed by atoms with Crippen LogP contribution < -0.4 is 5.32 Å². The second-order valence-electron chi connectivity index (χ2n) is 5.03. The molecule has 2 aromatic carbocycles. The molecule has 0 bridgehead atoms. The lowest BCUT2D eigenvalue weighted by molar-refractivity contribution is 0.141. The highest BCUT2D eigenvalue weighted by Gasteiger charge is 2.02. The molecule has 122 valence electrons. The molecule has 5 heteroatoms. The zero-order valence-electron chi connectivity index (χ0n) is 13.0. The van der Waals surface area contributed by atoms with Crippen molar-refractivity contribution in [3.63, 3.8) is 0 Å². The van der Waals surface area contributed by atoms with Crippen LogP contribution in [0.2, 0.25) is 0 Å². The van der Waals surface area contributed by atoms with E-state index in [-0.39, 0.29) is 13.0 Å². The van der Waals surface area contributed by atoms with Crippen LogP contribution in [0.25, 0.3) is 6.08 Å². The molecular formula is C19H17FN2O2. The minimum absolute atomic E-state index is 0.0254. The summed E-state index contributed by atoms with van der Waals surface area (Å²) < 4.78 is 18.5. The zero-order valence-corrected chi connectivity index (χ0v) is 13.0. The maximum Gasteiger partial charge on any atom is 0.407 e. The predicted octanol–water partition coefficient (Wildman–Crippen LogP) is 3.83. The molecule has 2 rings (SSSR count). The number of alkyl carbamates (subject to hydrolysis) is 1. The fraction of sp³-hybridized carbons (Fsp3) is 0.158. The van der Waals surface area contributed by atoms with Crippen molar-refractivity contribution in [3.8, 4) is 6.07 Å². The van der Waals surface area contributed by atoms with Crippen molar-refractivity contribution in [1.29, 1.82) is 5.26 Å². The summed E-state index contributed by atoms with van der Waals surface area (Å²) in [5.74, 6) is -0.392. The number of benzene rings is 2. The van der Waals surface area contributed by atoms with E-state index in [9.17, 15) is 9.18 Å². The van der Waals surface area contributed by atoms with Crippen LogP contribution in [-0.4, -0.2) is 12.6 Å². The summed E-state index contributed by atoms with van der Waals surface area (Å²) >= 11 is 0. The number of nitriles is 1. The van der Waals surface area contributed by atoms with E-state index in [4.69, 9.17) is 10.00 Å². The quantitative estimate of drug-likeness (QED) is 0.878. The number of carbonyl (C=O) groups excluding carboxylic acids is 1. The summed E-state index contributed by atoms with van der Waals surface area (Å²) in [6.07, 6.45) is 3.00. The number of rotatable bonds is 6. The van der Waals surface area contributed by atoms with E-state index in [1.807, 2.05) is 36.4 Å². The third kappa shape index (κ3) is 5.58. The van der Waals surface area contributed by atoms with Crippen molar-refractivity contribution in [2.75, 3.05) is 6.54 Å². The predicted molar refractivity (Wildman–Crippen MR) is 89.4 cm³/mol. The molecule has 1 amide bonds. The fourth-order valence-electron chi connectivity index (χ4n) is 2.03. The average Bonchev–Trinajstić information content (AvgIpc) is 2.60. The normalized spacial score (nSPS) is 10.3. The Morgan fingerprint density at radius 3 is 2.79 bits per heavy atom. The summed E-state index contributed by atoms with van der Waals surface area (Å²) in [6, 6.07) is 15.9. The van der Waals surface area contributed by atoms with Gasteiger partial charge in [0, 0.05) is 12.1 Å². The minimum Gasteiger partial charge on any atom is -0.445 e. The highest BCUT2D eigenvalue weighted by atomic mass is 19.1. The van der Waals surface area contributed by atoms with Crippen LogP contribution >= 0.6 is 0 Å². The first-order valence-electron chi connectivity index (χ1n) is 7.45. The van der Waals surface area contributed by atoms with E-state index in [1.54, 1.807) is 24.3 Å². The first-order valence-corrected chi connectivity index (χ1v) is 7.45. The monoisotopic (exact) mass is 324 g/mol. The molecule has 0 radical (unpaired) electrons. The van der Waals surface area contributed by atoms with Gasteiger partial charge in [0.15, 0.2) is 0 Å². The highest BCUT2D eigenvalue weighted by molar-refractivity contribution is 5.67. The van der Waals surface area contributed by atoms with Crippen LogP contribution in [0.15, 0.2) is 54.6 Å². The van der Waals surface area contributed by atoms with Gasteiger partial charge < -0.3 is 10.1 Å². The topological polar surface area (TPSA) is 62.1 Å². The molecule has 0 atom stereocenters. The molecule has 0 unspecified atom stereocenters. The third-order valence-electron chi connectivity index (χ3n) is 3.23. The fourth-order valence-corrected chi connectivity index (χ4v) is 2.03. The smallest absolute Gasteiger partial charge is 0.407 e. The lowest BCUT2D eigenvalue weighted by atomic mass is 10.1. The Morgan fingerprint density at radius 2 is 2.04 bits per heavy atom. The van der Waals surface area contributed by atoms with E-state index in [0.29, 0.717) is 12.1 Å². The van der Waals surface area contributed by atoms with E-state index in [2.05, 4.69) is 5.32 Å². The van der Waals surface area contributed by atoms with Gasteiger partial charge in [-0.05, 0) is 23.3 Å². The van der Waals surface area contributed by atoms with Gasteiger partial charge in [0.25, 0.3) is 0 Å². The van der Waals surface area contributed by atoms with Crippen LogP contribution in [0, 0.1) is 17.1 Å². The second-order valence-corrected chi connectivity index (χ2v) is 5.03. The largest absolute Gasteiger partial charge is 0.445 e. The molecule has 1 N–H and O–H groups in total. The Hall–Kier alpha value is -3.13. The first-order chi connectivity index (χ1) is 11.7. The SMILES string of the molecule is N#CCc1cc(C=CCNC(=O)OCc2ccccc2)ccc1F. The Labute approximate surface area is 140 Å². The number of amides is 1. The van der Waals surface area contributed by atoms with Crippen LogP contribution in [-0.2, 0) is 17.8 Å². The van der Waals surface area contributed by atoms with Crippen molar-refractivity contribution in [2.24, 2.45) is 0 Å². The first kappa shape index (κ1) is 17.2. The molecule has 0 fully saturated rings. The number of hydrogen-bond donors (Lipinski definition) is 1. The summed E-state index contributed by atoms with van der Waals surface area (Å²) in [6.45, 7) is 0.504. The summed E-state index contributed by atoms with van der Waals surface area (Å²) in [4.78, 5) is 11.6. The van der Waals surface area contributed by atoms with Crippen LogP contribution in [0.1, 0.15) is 16.7 Å². The van der Waals surface area contributed by atoms with Crippen molar-refractivity contribution >= 4 is 12.2 Å². The molecular weight excluding hydrogens is 307 g/mol. The molecule has 4 nitrogen and oxygen atoms in total. The van der Waals surface area contributed by atoms with Gasteiger partial charge in [-0.3, -0.25) is 0 Å². The summed E-state index contributed by atoms with van der Waals surface area (Å²) in [5, 5.41) is 11.2.